The van der Waals surface area contributed by atoms with E-state index in [2.05, 4.69) is 10.4 Å². The van der Waals surface area contributed by atoms with Crippen LogP contribution in [0.5, 0.6) is 0 Å². The number of nitrogens with zero attached hydrogens (tertiary/aromatic N) is 3. The third kappa shape index (κ3) is 4.97. The average molecular weight is 411 g/mol. The number of rotatable bonds is 5. The van der Waals surface area contributed by atoms with Crippen LogP contribution in [0.25, 0.3) is 0 Å². The van der Waals surface area contributed by atoms with Crippen LogP contribution in [-0.4, -0.2) is 30.1 Å². The van der Waals surface area contributed by atoms with Gasteiger partial charge in [0.2, 0.25) is 5.91 Å². The Morgan fingerprint density at radius 3 is 2.66 bits per heavy atom. The second-order valence-electron chi connectivity index (χ2n) is 6.02. The van der Waals surface area contributed by atoms with Gasteiger partial charge in [0, 0.05) is 18.5 Å². The third-order valence-corrected chi connectivity index (χ3v) is 4.29. The smallest absolute Gasteiger partial charge is 0.355 e. The van der Waals surface area contributed by atoms with E-state index in [1.807, 2.05) is 6.07 Å². The van der Waals surface area contributed by atoms with Gasteiger partial charge in [0.05, 0.1) is 16.3 Å². The first-order valence-corrected chi connectivity index (χ1v) is 8.98. The van der Waals surface area contributed by atoms with E-state index in [1.165, 1.54) is 18.2 Å². The Labute approximate surface area is 171 Å². The van der Waals surface area contributed by atoms with Crippen molar-refractivity contribution >= 4 is 46.5 Å². The maximum atomic E-state index is 12.2. The molecule has 0 spiro atoms. The van der Waals surface area contributed by atoms with Crippen LogP contribution in [0, 0.1) is 11.3 Å². The van der Waals surface area contributed by atoms with E-state index in [9.17, 15) is 14.4 Å². The number of benzene rings is 2. The molecule has 146 valence electrons. The quantitative estimate of drug-likeness (QED) is 0.761. The molecule has 9 heteroatoms. The normalized spacial score (nSPS) is 13.3. The summed E-state index contributed by atoms with van der Waals surface area (Å²) in [5, 5.41) is 16.8. The van der Waals surface area contributed by atoms with E-state index < -0.39 is 18.5 Å². The third-order valence-electron chi connectivity index (χ3n) is 3.98. The molecule has 3 rings (SSSR count). The van der Waals surface area contributed by atoms with Gasteiger partial charge in [0.1, 0.15) is 11.8 Å². The molecule has 0 saturated carbocycles. The largest absolute Gasteiger partial charge is 0.451 e. The Morgan fingerprint density at radius 1 is 1.21 bits per heavy atom. The van der Waals surface area contributed by atoms with Gasteiger partial charge in [-0.1, -0.05) is 29.8 Å². The summed E-state index contributed by atoms with van der Waals surface area (Å²) >= 11 is 5.91. The number of carbonyl (C=O) groups excluding carboxylic acids is 3. The van der Waals surface area contributed by atoms with Crippen molar-refractivity contribution in [3.63, 3.8) is 0 Å². The maximum Gasteiger partial charge on any atom is 0.355 e. The number of halogens is 1. The summed E-state index contributed by atoms with van der Waals surface area (Å²) in [5.41, 5.74) is 1.25. The molecular formula is C20H15ClN4O4. The second-order valence-corrected chi connectivity index (χ2v) is 6.43. The van der Waals surface area contributed by atoms with E-state index in [0.29, 0.717) is 11.4 Å². The fourth-order valence-electron chi connectivity index (χ4n) is 2.57. The van der Waals surface area contributed by atoms with Crippen molar-refractivity contribution in [3.05, 3.63) is 59.1 Å². The first-order chi connectivity index (χ1) is 14.0. The van der Waals surface area contributed by atoms with Crippen molar-refractivity contribution in [2.45, 2.75) is 12.8 Å². The van der Waals surface area contributed by atoms with Crippen LogP contribution in [0.15, 0.2) is 53.6 Å². The molecule has 0 saturated heterocycles. The minimum absolute atomic E-state index is 0.0580. The molecule has 8 nitrogen and oxygen atoms in total. The van der Waals surface area contributed by atoms with Crippen LogP contribution in [0.4, 0.5) is 11.4 Å². The monoisotopic (exact) mass is 410 g/mol. The van der Waals surface area contributed by atoms with Crippen LogP contribution in [0.1, 0.15) is 18.4 Å². The van der Waals surface area contributed by atoms with Gasteiger partial charge in [-0.25, -0.2) is 9.80 Å². The van der Waals surface area contributed by atoms with Crippen LogP contribution >= 0.6 is 11.6 Å². The van der Waals surface area contributed by atoms with Crippen molar-refractivity contribution in [2.24, 2.45) is 5.10 Å². The number of esters is 1. The Hall–Kier alpha value is -3.70. The molecule has 0 bridgehead atoms. The standard InChI is InChI=1S/C20H15ClN4O4/c21-16-10-14(7-6-13(16)11-22)23-18(26)12-29-20(28)17-8-9-19(27)25(24-17)15-4-2-1-3-5-15/h1-7,10H,8-9,12H2,(H,23,26). The van der Waals surface area contributed by atoms with Crippen LogP contribution in [0.2, 0.25) is 5.02 Å². The minimum Gasteiger partial charge on any atom is -0.451 e. The summed E-state index contributed by atoms with van der Waals surface area (Å²) in [6, 6.07) is 15.0. The highest BCUT2D eigenvalue weighted by atomic mass is 35.5. The second kappa shape index (κ2) is 8.99. The predicted octanol–water partition coefficient (Wildman–Crippen LogP) is 2.88. The first-order valence-electron chi connectivity index (χ1n) is 8.60. The van der Waals surface area contributed by atoms with Gasteiger partial charge in [0.15, 0.2) is 6.61 Å². The van der Waals surface area contributed by atoms with Gasteiger partial charge in [-0.15, -0.1) is 0 Å². The zero-order valence-electron chi connectivity index (χ0n) is 15.1. The Kier molecular flexibility index (Phi) is 6.22. The summed E-state index contributed by atoms with van der Waals surface area (Å²) in [5.74, 6) is -1.58. The molecule has 0 fully saturated rings. The van der Waals surface area contributed by atoms with Crippen LogP contribution in [-0.2, 0) is 19.1 Å². The van der Waals surface area contributed by atoms with Crippen molar-refractivity contribution < 1.29 is 19.1 Å². The number of carbonyl (C=O) groups is 3. The highest BCUT2D eigenvalue weighted by Gasteiger charge is 2.26. The molecule has 1 heterocycles. The molecular weight excluding hydrogens is 396 g/mol. The molecule has 29 heavy (non-hydrogen) atoms. The fourth-order valence-corrected chi connectivity index (χ4v) is 2.79. The number of hydrazone groups is 1. The molecule has 1 aliphatic rings. The van der Waals surface area contributed by atoms with Gasteiger partial charge < -0.3 is 10.1 Å². The highest BCUT2D eigenvalue weighted by molar-refractivity contribution is 6.38. The number of hydrogen-bond acceptors (Lipinski definition) is 6. The lowest BCUT2D eigenvalue weighted by Gasteiger charge is -2.22. The Morgan fingerprint density at radius 2 is 1.97 bits per heavy atom. The lowest BCUT2D eigenvalue weighted by molar-refractivity contribution is -0.140. The molecule has 0 atom stereocenters. The topological polar surface area (TPSA) is 112 Å². The van der Waals surface area contributed by atoms with E-state index in [0.717, 1.165) is 5.01 Å². The number of ether oxygens (including phenoxy) is 1. The minimum atomic E-state index is -0.772. The van der Waals surface area contributed by atoms with Gasteiger partial charge >= 0.3 is 5.97 Å². The molecule has 2 aromatic rings. The van der Waals surface area contributed by atoms with Gasteiger partial charge in [-0.3, -0.25) is 9.59 Å². The van der Waals surface area contributed by atoms with Gasteiger partial charge in [-0.2, -0.15) is 10.4 Å². The lowest BCUT2D eigenvalue weighted by atomic mass is 10.1. The van der Waals surface area contributed by atoms with Crippen molar-refractivity contribution in [3.8, 4) is 6.07 Å². The van der Waals surface area contributed by atoms with Crippen LogP contribution < -0.4 is 10.3 Å². The van der Waals surface area contributed by atoms with E-state index in [-0.39, 0.29) is 35.0 Å². The van der Waals surface area contributed by atoms with E-state index in [1.54, 1.807) is 30.3 Å². The number of nitrogens with one attached hydrogen (secondary N) is 1. The van der Waals surface area contributed by atoms with E-state index in [4.69, 9.17) is 21.6 Å². The summed E-state index contributed by atoms with van der Waals surface area (Å²) in [7, 11) is 0. The van der Waals surface area contributed by atoms with Gasteiger partial charge in [0.25, 0.3) is 5.91 Å². The molecule has 0 aliphatic carbocycles. The zero-order valence-corrected chi connectivity index (χ0v) is 15.8. The Balaban J connectivity index is 1.60. The van der Waals surface area contributed by atoms with Crippen molar-refractivity contribution in [1.29, 1.82) is 5.26 Å². The zero-order chi connectivity index (χ0) is 20.8. The summed E-state index contributed by atoms with van der Waals surface area (Å²) in [4.78, 5) is 36.3. The molecule has 0 unspecified atom stereocenters. The summed E-state index contributed by atoms with van der Waals surface area (Å²) < 4.78 is 5.01. The number of para-hydroxylation sites is 1. The maximum absolute atomic E-state index is 12.2. The number of nitriles is 1. The van der Waals surface area contributed by atoms with Gasteiger partial charge in [-0.05, 0) is 30.3 Å². The summed E-state index contributed by atoms with van der Waals surface area (Å²) in [6.45, 7) is -0.533. The van der Waals surface area contributed by atoms with Crippen molar-refractivity contribution in [2.75, 3.05) is 16.9 Å². The Bertz CT molecular complexity index is 1030. The predicted molar refractivity (Wildman–Crippen MR) is 106 cm³/mol. The van der Waals surface area contributed by atoms with Crippen LogP contribution in [0.3, 0.4) is 0 Å². The number of amides is 2. The average Bonchev–Trinajstić information content (AvgIpc) is 2.73. The highest BCUT2D eigenvalue weighted by Crippen LogP contribution is 2.21. The van der Waals surface area contributed by atoms with E-state index >= 15 is 0 Å². The number of anilines is 2. The molecule has 0 radical (unpaired) electrons. The lowest BCUT2D eigenvalue weighted by Crippen LogP contribution is -2.35. The van der Waals surface area contributed by atoms with Crippen molar-refractivity contribution in [1.82, 2.24) is 0 Å². The first kappa shape index (κ1) is 20.0. The fraction of sp³-hybridized carbons (Fsp3) is 0.150. The SMILES string of the molecule is N#Cc1ccc(NC(=O)COC(=O)C2=NN(c3ccccc3)C(=O)CC2)cc1Cl. The molecule has 1 aliphatic heterocycles. The molecule has 1 N–H and O–H groups in total. The number of hydrogen-bond donors (Lipinski definition) is 1. The molecule has 0 aromatic heterocycles. The molecule has 2 amide bonds. The summed E-state index contributed by atoms with van der Waals surface area (Å²) in [6.07, 6.45) is 0.243. The molecule has 2 aromatic carbocycles.